The van der Waals surface area contributed by atoms with Crippen molar-refractivity contribution >= 4 is 18.2 Å². The summed E-state index contributed by atoms with van der Waals surface area (Å²) in [6.45, 7) is 0.400. The van der Waals surface area contributed by atoms with Gasteiger partial charge in [0, 0.05) is 12.6 Å². The number of carbonyl (C=O) groups is 2. The molecule has 0 aromatic rings. The zero-order chi connectivity index (χ0) is 15.7. The number of rotatable bonds is 8. The molecule has 1 rings (SSSR count). The molecule has 6 N–H and O–H groups in total. The van der Waals surface area contributed by atoms with Crippen LogP contribution in [0.2, 0.25) is 0 Å². The summed E-state index contributed by atoms with van der Waals surface area (Å²) in [5, 5.41) is 0. The normalized spacial score (nSPS) is 17.0. The molecule has 0 saturated heterocycles. The van der Waals surface area contributed by atoms with Gasteiger partial charge in [-0.1, -0.05) is 19.3 Å². The molecule has 0 aromatic carbocycles. The van der Waals surface area contributed by atoms with Gasteiger partial charge in [-0.05, 0) is 25.7 Å². The van der Waals surface area contributed by atoms with Crippen molar-refractivity contribution in [2.24, 2.45) is 22.2 Å². The van der Waals surface area contributed by atoms with Crippen molar-refractivity contribution in [3.05, 3.63) is 0 Å². The number of hydrogen-bond acceptors (Lipinski definition) is 4. The Morgan fingerprint density at radius 1 is 1.29 bits per heavy atom. The highest BCUT2D eigenvalue weighted by Crippen LogP contribution is 2.25. The van der Waals surface area contributed by atoms with Crippen molar-refractivity contribution in [2.75, 3.05) is 13.1 Å². The van der Waals surface area contributed by atoms with E-state index in [4.69, 9.17) is 17.2 Å². The number of nitrogens with zero attached hydrogens (tertiary/aromatic N) is 2. The Labute approximate surface area is 125 Å². The van der Waals surface area contributed by atoms with Crippen LogP contribution in [0.4, 0.5) is 0 Å². The first-order chi connectivity index (χ1) is 10.1. The molecule has 1 atom stereocenters. The van der Waals surface area contributed by atoms with Crippen LogP contribution in [0.1, 0.15) is 44.9 Å². The standard InChI is InChI=1S/C14H27N5O2/c15-9-13(21)19(11-5-2-1-3-6-11)12(10-20)7-4-8-18-14(16)17/h10-12H,1-9,15H2,(H4,16,17,18)/t12-/m0/s1. The van der Waals surface area contributed by atoms with E-state index < -0.39 is 6.04 Å². The van der Waals surface area contributed by atoms with Gasteiger partial charge in [-0.2, -0.15) is 0 Å². The average Bonchev–Trinajstić information content (AvgIpc) is 2.50. The molecule has 7 nitrogen and oxygen atoms in total. The van der Waals surface area contributed by atoms with E-state index in [1.807, 2.05) is 0 Å². The second kappa shape index (κ2) is 9.33. The van der Waals surface area contributed by atoms with Gasteiger partial charge in [0.05, 0.1) is 12.6 Å². The summed E-state index contributed by atoms with van der Waals surface area (Å²) in [7, 11) is 0. The molecular formula is C14H27N5O2. The molecule has 0 radical (unpaired) electrons. The third-order valence-electron chi connectivity index (χ3n) is 3.90. The highest BCUT2D eigenvalue weighted by atomic mass is 16.2. The largest absolute Gasteiger partial charge is 0.370 e. The lowest BCUT2D eigenvalue weighted by atomic mass is 9.92. The van der Waals surface area contributed by atoms with Gasteiger partial charge in [0.15, 0.2) is 5.96 Å². The second-order valence-corrected chi connectivity index (χ2v) is 5.45. The van der Waals surface area contributed by atoms with Crippen molar-refractivity contribution in [2.45, 2.75) is 57.0 Å². The smallest absolute Gasteiger partial charge is 0.237 e. The van der Waals surface area contributed by atoms with Crippen molar-refractivity contribution in [3.63, 3.8) is 0 Å². The Hall–Kier alpha value is -1.63. The monoisotopic (exact) mass is 297 g/mol. The lowest BCUT2D eigenvalue weighted by Gasteiger charge is -2.37. The zero-order valence-corrected chi connectivity index (χ0v) is 12.5. The van der Waals surface area contributed by atoms with E-state index >= 15 is 0 Å². The average molecular weight is 297 g/mol. The summed E-state index contributed by atoms with van der Waals surface area (Å²) in [6.07, 6.45) is 7.34. The number of guanidine groups is 1. The minimum Gasteiger partial charge on any atom is -0.370 e. The molecular weight excluding hydrogens is 270 g/mol. The Bertz CT molecular complexity index is 362. The SMILES string of the molecule is NCC(=O)N(C1CCCCC1)[C@H](C=O)CCCN=C(N)N. The number of nitrogens with two attached hydrogens (primary N) is 3. The van der Waals surface area contributed by atoms with E-state index in [-0.39, 0.29) is 24.5 Å². The number of aldehydes is 1. The molecule has 0 aliphatic heterocycles. The third-order valence-corrected chi connectivity index (χ3v) is 3.90. The molecule has 0 aromatic heterocycles. The maximum absolute atomic E-state index is 12.1. The van der Waals surface area contributed by atoms with Crippen LogP contribution in [0.25, 0.3) is 0 Å². The van der Waals surface area contributed by atoms with Gasteiger partial charge >= 0.3 is 0 Å². The van der Waals surface area contributed by atoms with Gasteiger partial charge in [0.2, 0.25) is 5.91 Å². The van der Waals surface area contributed by atoms with E-state index in [0.717, 1.165) is 32.0 Å². The number of hydrogen-bond donors (Lipinski definition) is 3. The lowest BCUT2D eigenvalue weighted by Crippen LogP contribution is -2.51. The number of amides is 1. The quantitative estimate of drug-likeness (QED) is 0.246. The summed E-state index contributed by atoms with van der Waals surface area (Å²) in [5.74, 6) is -0.110. The zero-order valence-electron chi connectivity index (χ0n) is 12.5. The molecule has 1 amide bonds. The Kier molecular flexibility index (Phi) is 7.74. The first-order valence-corrected chi connectivity index (χ1v) is 7.62. The molecule has 7 heteroatoms. The van der Waals surface area contributed by atoms with Gasteiger partial charge in [-0.15, -0.1) is 0 Å². The van der Waals surface area contributed by atoms with Crippen LogP contribution in [-0.2, 0) is 9.59 Å². The molecule has 1 aliphatic rings. The van der Waals surface area contributed by atoms with Crippen LogP contribution in [0.15, 0.2) is 4.99 Å². The molecule has 1 aliphatic carbocycles. The van der Waals surface area contributed by atoms with Crippen LogP contribution < -0.4 is 17.2 Å². The molecule has 0 bridgehead atoms. The van der Waals surface area contributed by atoms with Gasteiger partial charge in [0.1, 0.15) is 6.29 Å². The fourth-order valence-electron chi connectivity index (χ4n) is 2.91. The summed E-state index contributed by atoms with van der Waals surface area (Å²) in [6, 6.07) is -0.300. The predicted molar refractivity (Wildman–Crippen MR) is 82.5 cm³/mol. The second-order valence-electron chi connectivity index (χ2n) is 5.45. The molecule has 0 spiro atoms. The molecule has 1 saturated carbocycles. The van der Waals surface area contributed by atoms with Crippen LogP contribution in [0.3, 0.4) is 0 Å². The van der Waals surface area contributed by atoms with Crippen LogP contribution in [-0.4, -0.2) is 48.2 Å². The van der Waals surface area contributed by atoms with E-state index in [0.29, 0.717) is 19.4 Å². The van der Waals surface area contributed by atoms with Crippen molar-refractivity contribution in [1.82, 2.24) is 4.90 Å². The highest BCUT2D eigenvalue weighted by Gasteiger charge is 2.30. The van der Waals surface area contributed by atoms with Gasteiger partial charge in [0.25, 0.3) is 0 Å². The number of carbonyl (C=O) groups excluding carboxylic acids is 2. The van der Waals surface area contributed by atoms with Gasteiger partial charge in [-0.3, -0.25) is 9.79 Å². The number of aliphatic imine (C=N–C) groups is 1. The minimum atomic E-state index is -0.432. The molecule has 120 valence electrons. The summed E-state index contributed by atoms with van der Waals surface area (Å²) in [5.41, 5.74) is 16.0. The Balaban J connectivity index is 2.66. The summed E-state index contributed by atoms with van der Waals surface area (Å²) >= 11 is 0. The Morgan fingerprint density at radius 2 is 1.95 bits per heavy atom. The fourth-order valence-corrected chi connectivity index (χ4v) is 2.91. The highest BCUT2D eigenvalue weighted by molar-refractivity contribution is 5.81. The molecule has 0 heterocycles. The first-order valence-electron chi connectivity index (χ1n) is 7.62. The van der Waals surface area contributed by atoms with E-state index in [9.17, 15) is 9.59 Å². The maximum Gasteiger partial charge on any atom is 0.237 e. The molecule has 21 heavy (non-hydrogen) atoms. The fraction of sp³-hybridized carbons (Fsp3) is 0.786. The maximum atomic E-state index is 12.1. The molecule has 0 unspecified atom stereocenters. The third kappa shape index (κ3) is 5.71. The van der Waals surface area contributed by atoms with Crippen molar-refractivity contribution in [3.8, 4) is 0 Å². The Morgan fingerprint density at radius 3 is 2.48 bits per heavy atom. The van der Waals surface area contributed by atoms with Crippen LogP contribution in [0, 0.1) is 0 Å². The minimum absolute atomic E-state index is 0.0415. The van der Waals surface area contributed by atoms with Crippen LogP contribution >= 0.6 is 0 Å². The lowest BCUT2D eigenvalue weighted by molar-refractivity contribution is -0.138. The van der Waals surface area contributed by atoms with Gasteiger partial charge in [-0.25, -0.2) is 0 Å². The topological polar surface area (TPSA) is 128 Å². The predicted octanol–water partition coefficient (Wildman–Crippen LogP) is -0.272. The summed E-state index contributed by atoms with van der Waals surface area (Å²) < 4.78 is 0. The van der Waals surface area contributed by atoms with E-state index in [2.05, 4.69) is 4.99 Å². The first kappa shape index (κ1) is 17.4. The molecule has 1 fully saturated rings. The van der Waals surface area contributed by atoms with E-state index in [1.54, 1.807) is 4.90 Å². The van der Waals surface area contributed by atoms with Crippen molar-refractivity contribution in [1.29, 1.82) is 0 Å². The van der Waals surface area contributed by atoms with Crippen LogP contribution in [0.5, 0.6) is 0 Å². The van der Waals surface area contributed by atoms with Crippen molar-refractivity contribution < 1.29 is 9.59 Å². The van der Waals surface area contributed by atoms with Gasteiger partial charge < -0.3 is 26.9 Å². The summed E-state index contributed by atoms with van der Waals surface area (Å²) in [4.78, 5) is 29.1. The van der Waals surface area contributed by atoms with E-state index in [1.165, 1.54) is 6.42 Å².